The Morgan fingerprint density at radius 2 is 2.00 bits per heavy atom. The molecule has 0 fully saturated rings. The molecule has 11 heavy (non-hydrogen) atoms. The van der Waals surface area contributed by atoms with Crippen molar-refractivity contribution in [1.82, 2.24) is 0 Å². The van der Waals surface area contributed by atoms with E-state index in [1.165, 1.54) is 0 Å². The summed E-state index contributed by atoms with van der Waals surface area (Å²) in [7, 11) is -0.300. The molecule has 0 saturated heterocycles. The zero-order valence-corrected chi connectivity index (χ0v) is 10.1. The summed E-state index contributed by atoms with van der Waals surface area (Å²) < 4.78 is 14.8. The molecular weight excluding hydrogens is 212 g/mol. The molecule has 0 aromatic heterocycles. The van der Waals surface area contributed by atoms with E-state index in [4.69, 9.17) is 4.52 Å². The third kappa shape index (κ3) is 3.09. The molecule has 0 saturated carbocycles. The standard InChI is InChI=1S/C7H7O2P.Zn/c1-6-4-2-3-5-7(6)9-10-8;/h2-5H,1H3;. The van der Waals surface area contributed by atoms with Crippen LogP contribution >= 0.6 is 8.69 Å². The summed E-state index contributed by atoms with van der Waals surface area (Å²) in [6.45, 7) is 1.90. The number of para-hydroxylation sites is 1. The quantitative estimate of drug-likeness (QED) is 0.564. The molecule has 0 amide bonds. The van der Waals surface area contributed by atoms with E-state index in [1.807, 2.05) is 25.1 Å². The third-order valence-corrected chi connectivity index (χ3v) is 1.50. The minimum Gasteiger partial charge on any atom is -0.407 e. The molecule has 0 spiro atoms. The van der Waals surface area contributed by atoms with Crippen LogP contribution in [-0.4, -0.2) is 0 Å². The maximum atomic E-state index is 10.0. The minimum absolute atomic E-state index is 0. The molecule has 0 atom stereocenters. The van der Waals surface area contributed by atoms with Crippen LogP contribution < -0.4 is 4.52 Å². The molecule has 4 heteroatoms. The molecule has 1 rings (SSSR count). The summed E-state index contributed by atoms with van der Waals surface area (Å²) in [5.41, 5.74) is 0.992. The van der Waals surface area contributed by atoms with Gasteiger partial charge in [0, 0.05) is 19.5 Å². The molecule has 0 radical (unpaired) electrons. The average molecular weight is 219 g/mol. The summed E-state index contributed by atoms with van der Waals surface area (Å²) in [4.78, 5) is 0. The second-order valence-electron chi connectivity index (χ2n) is 1.93. The summed E-state index contributed by atoms with van der Waals surface area (Å²) >= 11 is 0. The van der Waals surface area contributed by atoms with E-state index in [1.54, 1.807) is 6.07 Å². The van der Waals surface area contributed by atoms with Gasteiger partial charge < -0.3 is 4.52 Å². The monoisotopic (exact) mass is 218 g/mol. The van der Waals surface area contributed by atoms with Crippen LogP contribution in [0.2, 0.25) is 0 Å². The van der Waals surface area contributed by atoms with Gasteiger partial charge in [-0.3, -0.25) is 0 Å². The summed E-state index contributed by atoms with van der Waals surface area (Å²) in [6, 6.07) is 7.43. The average Bonchev–Trinajstić information content (AvgIpc) is 1.94. The fourth-order valence-electron chi connectivity index (χ4n) is 0.699. The van der Waals surface area contributed by atoms with Gasteiger partial charge in [0.1, 0.15) is 5.75 Å². The number of aryl methyl sites for hydroxylation is 1. The van der Waals surface area contributed by atoms with Gasteiger partial charge in [-0.1, -0.05) is 18.2 Å². The fourth-order valence-corrected chi connectivity index (χ4v) is 0.984. The van der Waals surface area contributed by atoms with E-state index in [0.29, 0.717) is 5.75 Å². The van der Waals surface area contributed by atoms with Crippen molar-refractivity contribution in [3.8, 4) is 5.75 Å². The molecule has 1 aromatic rings. The van der Waals surface area contributed by atoms with Crippen LogP contribution in [-0.2, 0) is 24.0 Å². The Morgan fingerprint density at radius 3 is 2.55 bits per heavy atom. The van der Waals surface area contributed by atoms with Crippen molar-refractivity contribution in [3.63, 3.8) is 0 Å². The van der Waals surface area contributed by atoms with Crippen LogP contribution in [0.3, 0.4) is 0 Å². The summed E-state index contributed by atoms with van der Waals surface area (Å²) in [6.07, 6.45) is 0. The molecule has 0 aliphatic heterocycles. The second kappa shape index (κ2) is 5.40. The van der Waals surface area contributed by atoms with E-state index < -0.39 is 0 Å². The van der Waals surface area contributed by atoms with Crippen molar-refractivity contribution in [3.05, 3.63) is 29.8 Å². The van der Waals surface area contributed by atoms with Gasteiger partial charge in [0.25, 0.3) is 0 Å². The first-order chi connectivity index (χ1) is 4.84. The Morgan fingerprint density at radius 1 is 1.36 bits per heavy atom. The fraction of sp³-hybridized carbons (Fsp3) is 0.143. The van der Waals surface area contributed by atoms with E-state index in [2.05, 4.69) is 0 Å². The Kier molecular flexibility index (Phi) is 5.28. The topological polar surface area (TPSA) is 26.3 Å². The molecule has 1 aromatic carbocycles. The smallest absolute Gasteiger partial charge is 0.395 e. The Bertz CT molecular complexity index is 240. The largest absolute Gasteiger partial charge is 0.407 e. The van der Waals surface area contributed by atoms with Crippen molar-refractivity contribution in [1.29, 1.82) is 0 Å². The van der Waals surface area contributed by atoms with Gasteiger partial charge in [-0.2, -0.15) is 0 Å². The van der Waals surface area contributed by atoms with Gasteiger partial charge >= 0.3 is 8.69 Å². The first-order valence-electron chi connectivity index (χ1n) is 2.90. The third-order valence-electron chi connectivity index (χ3n) is 1.23. The molecule has 0 aliphatic carbocycles. The Labute approximate surface area is 80.0 Å². The van der Waals surface area contributed by atoms with Gasteiger partial charge in [0.15, 0.2) is 0 Å². The predicted molar refractivity (Wildman–Crippen MR) is 39.4 cm³/mol. The van der Waals surface area contributed by atoms with E-state index >= 15 is 0 Å². The molecule has 54 valence electrons. The molecular formula is C7H7O2PZn. The number of hydrogen-bond donors (Lipinski definition) is 0. The van der Waals surface area contributed by atoms with Crippen LogP contribution in [0.15, 0.2) is 24.3 Å². The molecule has 0 aliphatic rings. The number of benzene rings is 1. The van der Waals surface area contributed by atoms with Crippen LogP contribution in [0.4, 0.5) is 0 Å². The normalized spacial score (nSPS) is 8.82. The zero-order valence-electron chi connectivity index (χ0n) is 6.28. The van der Waals surface area contributed by atoms with Crippen molar-refractivity contribution in [2.24, 2.45) is 0 Å². The summed E-state index contributed by atoms with van der Waals surface area (Å²) in [5, 5.41) is 0. The number of hydrogen-bond acceptors (Lipinski definition) is 2. The van der Waals surface area contributed by atoms with Crippen molar-refractivity contribution in [2.45, 2.75) is 6.92 Å². The van der Waals surface area contributed by atoms with Crippen molar-refractivity contribution < 1.29 is 28.6 Å². The maximum absolute atomic E-state index is 10.0. The molecule has 0 bridgehead atoms. The van der Waals surface area contributed by atoms with Gasteiger partial charge in [-0.05, 0) is 18.6 Å². The van der Waals surface area contributed by atoms with Crippen molar-refractivity contribution >= 4 is 8.69 Å². The Balaban J connectivity index is 0.000001000. The van der Waals surface area contributed by atoms with E-state index in [0.717, 1.165) is 5.56 Å². The maximum Gasteiger partial charge on any atom is 0.395 e. The van der Waals surface area contributed by atoms with Crippen LogP contribution in [0.1, 0.15) is 5.56 Å². The molecule has 0 unspecified atom stereocenters. The van der Waals surface area contributed by atoms with Crippen LogP contribution in [0.25, 0.3) is 0 Å². The van der Waals surface area contributed by atoms with Gasteiger partial charge in [-0.15, -0.1) is 0 Å². The Hall–Kier alpha value is -0.257. The van der Waals surface area contributed by atoms with E-state index in [9.17, 15) is 4.57 Å². The molecule has 2 nitrogen and oxygen atoms in total. The second-order valence-corrected chi connectivity index (χ2v) is 2.26. The van der Waals surface area contributed by atoms with Crippen LogP contribution in [0.5, 0.6) is 5.75 Å². The predicted octanol–water partition coefficient (Wildman–Crippen LogP) is 2.58. The first-order valence-corrected chi connectivity index (χ1v) is 3.63. The molecule has 0 N–H and O–H groups in total. The number of rotatable bonds is 2. The zero-order chi connectivity index (χ0) is 7.40. The first kappa shape index (κ1) is 10.7. The molecule has 0 heterocycles. The summed E-state index contributed by atoms with van der Waals surface area (Å²) in [5.74, 6) is 0.666. The van der Waals surface area contributed by atoms with E-state index in [-0.39, 0.29) is 28.2 Å². The van der Waals surface area contributed by atoms with Gasteiger partial charge in [0.2, 0.25) is 0 Å². The van der Waals surface area contributed by atoms with Crippen molar-refractivity contribution in [2.75, 3.05) is 0 Å². The van der Waals surface area contributed by atoms with Gasteiger partial charge in [-0.25, -0.2) is 4.57 Å². The SMILES string of the molecule is Cc1ccccc1OP=O.[Zn]. The minimum atomic E-state index is -0.300. The van der Waals surface area contributed by atoms with Crippen LogP contribution in [0, 0.1) is 6.92 Å². The van der Waals surface area contributed by atoms with Gasteiger partial charge in [0.05, 0.1) is 0 Å².